The minimum Gasteiger partial charge on any atom is -0.480 e. The van der Waals surface area contributed by atoms with E-state index in [0.29, 0.717) is 11.4 Å². The normalized spacial score (nSPS) is 18.6. The molecule has 0 spiro atoms. The van der Waals surface area contributed by atoms with Crippen molar-refractivity contribution < 1.29 is 27.9 Å². The number of thiophene rings is 1. The average molecular weight is 390 g/mol. The summed E-state index contributed by atoms with van der Waals surface area (Å²) < 4.78 is 29.9. The van der Waals surface area contributed by atoms with Gasteiger partial charge in [0.2, 0.25) is 10.0 Å². The van der Waals surface area contributed by atoms with Crippen LogP contribution >= 0.6 is 11.3 Å². The zero-order valence-electron chi connectivity index (χ0n) is 14.4. The summed E-state index contributed by atoms with van der Waals surface area (Å²) in [4.78, 5) is 26.9. The minimum absolute atomic E-state index is 0.0998. The van der Waals surface area contributed by atoms with E-state index in [1.165, 1.54) is 11.3 Å². The van der Waals surface area contributed by atoms with E-state index in [1.54, 1.807) is 4.90 Å². The van der Waals surface area contributed by atoms with Crippen LogP contribution in [-0.2, 0) is 19.6 Å². The number of aliphatic carboxylic acids is 1. The number of carbonyl (C=O) groups excluding carboxylic acids is 1. The lowest BCUT2D eigenvalue weighted by Gasteiger charge is -2.34. The van der Waals surface area contributed by atoms with E-state index in [1.807, 2.05) is 19.9 Å². The largest absolute Gasteiger partial charge is 0.480 e. The Bertz CT molecular complexity index is 739. The molecule has 1 atom stereocenters. The second-order valence-corrected chi connectivity index (χ2v) is 9.28. The third-order valence-electron chi connectivity index (χ3n) is 3.99. The summed E-state index contributed by atoms with van der Waals surface area (Å²) in [5.74, 6) is -1.35. The van der Waals surface area contributed by atoms with Crippen LogP contribution in [0.2, 0.25) is 0 Å². The van der Waals surface area contributed by atoms with Crippen molar-refractivity contribution >= 4 is 33.2 Å². The van der Waals surface area contributed by atoms with Crippen LogP contribution in [0.1, 0.15) is 20.1 Å². The number of morpholine rings is 1. The Balaban J connectivity index is 2.06. The van der Waals surface area contributed by atoms with E-state index >= 15 is 0 Å². The number of aryl methyl sites for hydroxylation is 2. The molecular formula is C15H22N2O6S2. The molecule has 1 aromatic rings. The number of rotatable bonds is 6. The standard InChI is InChI=1S/C15H22N2O6S2/c1-10-6-13(24-11(10)2)15(20)16-4-5-23-12(7-16)8-17(9-14(18)19)25(3,21)22/h6,12H,4-5,7-9H2,1-3H3,(H,18,19). The molecule has 1 fully saturated rings. The molecular weight excluding hydrogens is 368 g/mol. The molecule has 0 bridgehead atoms. The van der Waals surface area contributed by atoms with Gasteiger partial charge in [-0.05, 0) is 25.5 Å². The molecule has 10 heteroatoms. The zero-order chi connectivity index (χ0) is 18.8. The van der Waals surface area contributed by atoms with Gasteiger partial charge in [0.25, 0.3) is 5.91 Å². The molecule has 0 aromatic carbocycles. The Labute approximate surface area is 151 Å². The zero-order valence-corrected chi connectivity index (χ0v) is 16.0. The highest BCUT2D eigenvalue weighted by Crippen LogP contribution is 2.23. The average Bonchev–Trinajstić information content (AvgIpc) is 2.84. The number of sulfonamides is 1. The number of carboxylic acid groups (broad SMARTS) is 1. The van der Waals surface area contributed by atoms with Crippen molar-refractivity contribution in [2.45, 2.75) is 20.0 Å². The SMILES string of the molecule is Cc1cc(C(=O)N2CCOC(CN(CC(=O)O)S(C)(=O)=O)C2)sc1C. The van der Waals surface area contributed by atoms with E-state index in [4.69, 9.17) is 9.84 Å². The molecule has 0 radical (unpaired) electrons. The van der Waals surface area contributed by atoms with Crippen LogP contribution in [0.25, 0.3) is 0 Å². The topological polar surface area (TPSA) is 104 Å². The Kier molecular flexibility index (Phi) is 6.20. The summed E-state index contributed by atoms with van der Waals surface area (Å²) in [6, 6.07) is 1.85. The maximum atomic E-state index is 12.6. The van der Waals surface area contributed by atoms with Crippen molar-refractivity contribution in [2.75, 3.05) is 39.0 Å². The van der Waals surface area contributed by atoms with Crippen LogP contribution in [0.15, 0.2) is 6.07 Å². The quantitative estimate of drug-likeness (QED) is 0.761. The first-order chi connectivity index (χ1) is 11.6. The molecule has 0 saturated carbocycles. The number of ether oxygens (including phenoxy) is 1. The first kappa shape index (κ1) is 19.8. The third-order valence-corrected chi connectivity index (χ3v) is 6.35. The van der Waals surface area contributed by atoms with Gasteiger partial charge in [-0.2, -0.15) is 4.31 Å². The van der Waals surface area contributed by atoms with Gasteiger partial charge in [0.1, 0.15) is 6.54 Å². The van der Waals surface area contributed by atoms with Crippen LogP contribution in [0.5, 0.6) is 0 Å². The molecule has 140 valence electrons. The fourth-order valence-corrected chi connectivity index (χ4v) is 4.33. The number of hydrogen-bond acceptors (Lipinski definition) is 6. The molecule has 1 N–H and O–H groups in total. The highest BCUT2D eigenvalue weighted by molar-refractivity contribution is 7.88. The van der Waals surface area contributed by atoms with Crippen LogP contribution < -0.4 is 0 Å². The minimum atomic E-state index is -3.68. The summed E-state index contributed by atoms with van der Waals surface area (Å²) in [6.45, 7) is 4.09. The monoisotopic (exact) mass is 390 g/mol. The maximum absolute atomic E-state index is 12.6. The van der Waals surface area contributed by atoms with Crippen molar-refractivity contribution in [2.24, 2.45) is 0 Å². The number of hydrogen-bond donors (Lipinski definition) is 1. The molecule has 1 aliphatic heterocycles. The van der Waals surface area contributed by atoms with Gasteiger partial charge in [-0.15, -0.1) is 11.3 Å². The first-order valence-corrected chi connectivity index (χ1v) is 10.4. The van der Waals surface area contributed by atoms with Gasteiger partial charge in [-0.1, -0.05) is 0 Å². The highest BCUT2D eigenvalue weighted by atomic mass is 32.2. The smallest absolute Gasteiger partial charge is 0.318 e. The lowest BCUT2D eigenvalue weighted by Crippen LogP contribution is -2.51. The molecule has 8 nitrogen and oxygen atoms in total. The van der Waals surface area contributed by atoms with E-state index in [-0.39, 0.29) is 25.6 Å². The second-order valence-electron chi connectivity index (χ2n) is 6.04. The number of carbonyl (C=O) groups is 2. The van der Waals surface area contributed by atoms with Gasteiger partial charge in [0.05, 0.1) is 23.8 Å². The highest BCUT2D eigenvalue weighted by Gasteiger charge is 2.30. The summed E-state index contributed by atoms with van der Waals surface area (Å²) in [6.07, 6.45) is 0.396. The first-order valence-electron chi connectivity index (χ1n) is 7.72. The molecule has 1 aromatic heterocycles. The van der Waals surface area contributed by atoms with Gasteiger partial charge in [-0.3, -0.25) is 9.59 Å². The summed E-state index contributed by atoms with van der Waals surface area (Å²) in [5.41, 5.74) is 1.06. The Morgan fingerprint density at radius 1 is 1.44 bits per heavy atom. The number of nitrogens with zero attached hydrogens (tertiary/aromatic N) is 2. The molecule has 1 unspecified atom stereocenters. The van der Waals surface area contributed by atoms with Crippen molar-refractivity contribution in [3.05, 3.63) is 21.4 Å². The van der Waals surface area contributed by atoms with Crippen molar-refractivity contribution in [1.82, 2.24) is 9.21 Å². The molecule has 0 aliphatic carbocycles. The summed E-state index contributed by atoms with van der Waals surface area (Å²) >= 11 is 1.43. The third kappa shape index (κ3) is 5.24. The van der Waals surface area contributed by atoms with Crippen LogP contribution in [0, 0.1) is 13.8 Å². The number of amides is 1. The van der Waals surface area contributed by atoms with Gasteiger partial charge in [0.15, 0.2) is 0 Å². The Morgan fingerprint density at radius 2 is 2.12 bits per heavy atom. The van der Waals surface area contributed by atoms with Crippen molar-refractivity contribution in [3.63, 3.8) is 0 Å². The summed E-state index contributed by atoms with van der Waals surface area (Å²) in [7, 11) is -3.68. The lowest BCUT2D eigenvalue weighted by atomic mass is 10.2. The van der Waals surface area contributed by atoms with Crippen LogP contribution in [0.4, 0.5) is 0 Å². The lowest BCUT2D eigenvalue weighted by molar-refractivity contribution is -0.137. The Hall–Kier alpha value is -1.49. The predicted molar refractivity (Wildman–Crippen MR) is 93.5 cm³/mol. The van der Waals surface area contributed by atoms with Gasteiger partial charge >= 0.3 is 5.97 Å². The predicted octanol–water partition coefficient (Wildman–Crippen LogP) is 0.552. The maximum Gasteiger partial charge on any atom is 0.318 e. The van der Waals surface area contributed by atoms with Crippen LogP contribution in [0.3, 0.4) is 0 Å². The van der Waals surface area contributed by atoms with E-state index in [0.717, 1.165) is 21.0 Å². The van der Waals surface area contributed by atoms with E-state index in [9.17, 15) is 18.0 Å². The Morgan fingerprint density at radius 3 is 2.64 bits per heavy atom. The van der Waals surface area contributed by atoms with Gasteiger partial charge < -0.3 is 14.7 Å². The molecule has 25 heavy (non-hydrogen) atoms. The van der Waals surface area contributed by atoms with Crippen molar-refractivity contribution in [1.29, 1.82) is 0 Å². The second kappa shape index (κ2) is 7.81. The molecule has 2 heterocycles. The van der Waals surface area contributed by atoms with E-state index in [2.05, 4.69) is 0 Å². The summed E-state index contributed by atoms with van der Waals surface area (Å²) in [5, 5.41) is 8.88. The van der Waals surface area contributed by atoms with Crippen LogP contribution in [-0.4, -0.2) is 79.8 Å². The molecule has 1 amide bonds. The van der Waals surface area contributed by atoms with Crippen molar-refractivity contribution in [3.8, 4) is 0 Å². The number of carboxylic acids is 1. The molecule has 2 rings (SSSR count). The van der Waals surface area contributed by atoms with E-state index < -0.39 is 28.6 Å². The van der Waals surface area contributed by atoms with Gasteiger partial charge in [-0.25, -0.2) is 8.42 Å². The fraction of sp³-hybridized carbons (Fsp3) is 0.600. The fourth-order valence-electron chi connectivity index (χ4n) is 2.54. The molecule has 1 aliphatic rings. The van der Waals surface area contributed by atoms with Gasteiger partial charge in [0, 0.05) is 24.5 Å². The molecule has 1 saturated heterocycles.